The van der Waals surface area contributed by atoms with Crippen LogP contribution in [0.4, 0.5) is 0 Å². The van der Waals surface area contributed by atoms with Gasteiger partial charge in [0.2, 0.25) is 5.78 Å². The number of ether oxygens (including phenoxy) is 1. The summed E-state index contributed by atoms with van der Waals surface area (Å²) in [6, 6.07) is 21.7. The minimum Gasteiger partial charge on any atom is -0.454 e. The van der Waals surface area contributed by atoms with E-state index >= 15 is 0 Å². The van der Waals surface area contributed by atoms with Gasteiger partial charge in [-0.15, -0.1) is 0 Å². The van der Waals surface area contributed by atoms with Crippen LogP contribution in [0.1, 0.15) is 37.4 Å². The summed E-state index contributed by atoms with van der Waals surface area (Å²) in [5.74, 6) is -0.841. The molecule has 0 radical (unpaired) electrons. The maximum absolute atomic E-state index is 12.7. The van der Waals surface area contributed by atoms with Crippen molar-refractivity contribution < 1.29 is 14.3 Å². The Morgan fingerprint density at radius 1 is 0.893 bits per heavy atom. The van der Waals surface area contributed by atoms with Crippen LogP contribution in [0.15, 0.2) is 66.7 Å². The largest absolute Gasteiger partial charge is 0.454 e. The number of hydrogen-bond donors (Lipinski definition) is 0. The molecule has 0 unspecified atom stereocenters. The number of hydrogen-bond acceptors (Lipinski definition) is 4. The van der Waals surface area contributed by atoms with Crippen LogP contribution in [-0.2, 0) is 4.74 Å². The van der Waals surface area contributed by atoms with Gasteiger partial charge in [-0.05, 0) is 43.2 Å². The molecule has 0 amide bonds. The monoisotopic (exact) mass is 369 g/mol. The second-order valence-electron chi connectivity index (χ2n) is 6.52. The van der Waals surface area contributed by atoms with Gasteiger partial charge in [0.15, 0.2) is 6.61 Å². The highest BCUT2D eigenvalue weighted by Gasteiger charge is 2.18. The summed E-state index contributed by atoms with van der Waals surface area (Å²) in [5, 5.41) is 9.35. The summed E-state index contributed by atoms with van der Waals surface area (Å²) < 4.78 is 5.30. The first kappa shape index (κ1) is 19.1. The highest BCUT2D eigenvalue weighted by molar-refractivity contribution is 6.02. The topological polar surface area (TPSA) is 67.2 Å². The molecule has 4 nitrogen and oxygen atoms in total. The van der Waals surface area contributed by atoms with Crippen molar-refractivity contribution in [3.63, 3.8) is 0 Å². The Hall–Kier alpha value is -3.71. The molecule has 0 aromatic heterocycles. The lowest BCUT2D eigenvalue weighted by Crippen LogP contribution is -2.16. The highest BCUT2D eigenvalue weighted by Crippen LogP contribution is 2.27. The summed E-state index contributed by atoms with van der Waals surface area (Å²) in [6.45, 7) is 3.42. The van der Waals surface area contributed by atoms with Gasteiger partial charge in [0, 0.05) is 11.1 Å². The van der Waals surface area contributed by atoms with Crippen LogP contribution < -0.4 is 0 Å². The fourth-order valence-electron chi connectivity index (χ4n) is 3.03. The summed E-state index contributed by atoms with van der Waals surface area (Å²) in [5.41, 5.74) is 4.40. The third kappa shape index (κ3) is 3.99. The molecule has 0 saturated carbocycles. The number of rotatable bonds is 5. The lowest BCUT2D eigenvalue weighted by Gasteiger charge is -2.11. The third-order valence-electron chi connectivity index (χ3n) is 4.51. The molecular weight excluding hydrogens is 350 g/mol. The Kier molecular flexibility index (Phi) is 5.67. The molecule has 0 aliphatic rings. The second kappa shape index (κ2) is 8.32. The normalized spacial score (nSPS) is 10.2. The van der Waals surface area contributed by atoms with Crippen molar-refractivity contribution in [1.82, 2.24) is 0 Å². The van der Waals surface area contributed by atoms with Gasteiger partial charge in [-0.3, -0.25) is 4.79 Å². The van der Waals surface area contributed by atoms with E-state index in [1.165, 1.54) is 0 Å². The average molecular weight is 369 g/mol. The average Bonchev–Trinajstić information content (AvgIpc) is 2.73. The van der Waals surface area contributed by atoms with Crippen LogP contribution in [0.2, 0.25) is 0 Å². The Balaban J connectivity index is 1.84. The zero-order valence-electron chi connectivity index (χ0n) is 15.7. The second-order valence-corrected chi connectivity index (χ2v) is 6.52. The quantitative estimate of drug-likeness (QED) is 0.475. The smallest absolute Gasteiger partial charge is 0.339 e. The number of Topliss-reactive ketones (excluding diaryl/α,β-unsaturated/α-hetero) is 1. The van der Waals surface area contributed by atoms with Gasteiger partial charge < -0.3 is 4.74 Å². The van der Waals surface area contributed by atoms with Gasteiger partial charge in [-0.1, -0.05) is 54.1 Å². The van der Waals surface area contributed by atoms with Gasteiger partial charge in [0.05, 0.1) is 17.2 Å². The van der Waals surface area contributed by atoms with E-state index in [0.717, 1.165) is 11.1 Å². The Morgan fingerprint density at radius 2 is 1.57 bits per heavy atom. The number of aryl methyl sites for hydroxylation is 2. The van der Waals surface area contributed by atoms with Crippen molar-refractivity contribution in [2.45, 2.75) is 13.8 Å². The Morgan fingerprint density at radius 3 is 2.32 bits per heavy atom. The molecule has 3 rings (SSSR count). The molecule has 0 aliphatic carbocycles. The molecule has 0 aliphatic heterocycles. The van der Waals surface area contributed by atoms with Crippen LogP contribution in [0.25, 0.3) is 11.1 Å². The van der Waals surface area contributed by atoms with Crippen molar-refractivity contribution in [3.8, 4) is 17.2 Å². The third-order valence-corrected chi connectivity index (χ3v) is 4.51. The van der Waals surface area contributed by atoms with E-state index in [9.17, 15) is 14.9 Å². The number of esters is 1. The van der Waals surface area contributed by atoms with Gasteiger partial charge in [-0.25, -0.2) is 4.79 Å². The van der Waals surface area contributed by atoms with Crippen LogP contribution in [0.5, 0.6) is 0 Å². The molecule has 28 heavy (non-hydrogen) atoms. The molecule has 138 valence electrons. The fourth-order valence-corrected chi connectivity index (χ4v) is 3.03. The number of nitriles is 1. The molecule has 3 aromatic carbocycles. The lowest BCUT2D eigenvalue weighted by molar-refractivity contribution is 0.0475. The van der Waals surface area contributed by atoms with Crippen molar-refractivity contribution in [3.05, 3.63) is 94.5 Å². The van der Waals surface area contributed by atoms with E-state index in [2.05, 4.69) is 6.07 Å². The predicted octanol–water partition coefficient (Wildman–Crippen LogP) is 4.88. The number of carbonyl (C=O) groups is 2. The van der Waals surface area contributed by atoms with Gasteiger partial charge in [-0.2, -0.15) is 5.26 Å². The zero-order valence-corrected chi connectivity index (χ0v) is 15.7. The molecule has 4 heteroatoms. The van der Waals surface area contributed by atoms with Gasteiger partial charge >= 0.3 is 5.97 Å². The van der Waals surface area contributed by atoms with E-state index in [1.54, 1.807) is 48.5 Å². The number of nitrogens with zero attached hydrogens (tertiary/aromatic N) is 1. The molecule has 3 aromatic rings. The Labute approximate surface area is 164 Å². The van der Waals surface area contributed by atoms with E-state index < -0.39 is 5.97 Å². The zero-order chi connectivity index (χ0) is 20.1. The SMILES string of the molecule is Cc1ccc(C)c(C(=O)COC(=O)c2ccccc2-c2ccccc2C#N)c1. The van der Waals surface area contributed by atoms with Crippen LogP contribution in [0, 0.1) is 25.2 Å². The predicted molar refractivity (Wildman–Crippen MR) is 107 cm³/mol. The number of carbonyl (C=O) groups excluding carboxylic acids is 2. The van der Waals surface area contributed by atoms with E-state index in [-0.39, 0.29) is 12.4 Å². The maximum atomic E-state index is 12.7. The van der Waals surface area contributed by atoms with Gasteiger partial charge in [0.1, 0.15) is 0 Å². The van der Waals surface area contributed by atoms with Crippen molar-refractivity contribution in [2.24, 2.45) is 0 Å². The Bertz CT molecular complexity index is 1090. The summed E-state index contributed by atoms with van der Waals surface area (Å²) in [6.07, 6.45) is 0. The van der Waals surface area contributed by atoms with Gasteiger partial charge in [0.25, 0.3) is 0 Å². The maximum Gasteiger partial charge on any atom is 0.339 e. The molecule has 0 atom stereocenters. The van der Waals surface area contributed by atoms with Crippen molar-refractivity contribution >= 4 is 11.8 Å². The molecule has 0 fully saturated rings. The summed E-state index contributed by atoms with van der Waals surface area (Å²) in [4.78, 5) is 25.2. The summed E-state index contributed by atoms with van der Waals surface area (Å²) in [7, 11) is 0. The van der Waals surface area contributed by atoms with Crippen molar-refractivity contribution in [1.29, 1.82) is 5.26 Å². The van der Waals surface area contributed by atoms with Crippen LogP contribution >= 0.6 is 0 Å². The number of ketones is 1. The lowest BCUT2D eigenvalue weighted by atomic mass is 9.96. The fraction of sp³-hybridized carbons (Fsp3) is 0.125. The number of benzene rings is 3. The highest BCUT2D eigenvalue weighted by atomic mass is 16.5. The molecular formula is C24H19NO3. The standard InChI is InChI=1S/C24H19NO3/c1-16-11-12-17(2)22(13-16)23(26)15-28-24(27)21-10-6-5-9-20(21)19-8-4-3-7-18(19)14-25/h3-13H,15H2,1-2H3. The molecule has 0 heterocycles. The van der Waals surface area contributed by atoms with Crippen LogP contribution in [-0.4, -0.2) is 18.4 Å². The minimum atomic E-state index is -0.595. The molecule has 0 saturated heterocycles. The first-order valence-corrected chi connectivity index (χ1v) is 8.87. The molecule has 0 bridgehead atoms. The van der Waals surface area contributed by atoms with E-state index in [0.29, 0.717) is 27.8 Å². The molecule has 0 spiro atoms. The first-order chi connectivity index (χ1) is 13.5. The van der Waals surface area contributed by atoms with Crippen LogP contribution in [0.3, 0.4) is 0 Å². The van der Waals surface area contributed by atoms with E-state index in [4.69, 9.17) is 4.74 Å². The van der Waals surface area contributed by atoms with E-state index in [1.807, 2.05) is 32.0 Å². The molecule has 0 N–H and O–H groups in total. The van der Waals surface area contributed by atoms with Crippen molar-refractivity contribution in [2.75, 3.05) is 6.61 Å². The minimum absolute atomic E-state index is 0.246. The first-order valence-electron chi connectivity index (χ1n) is 8.87. The summed E-state index contributed by atoms with van der Waals surface area (Å²) >= 11 is 0.